The Morgan fingerprint density at radius 3 is 3.00 bits per heavy atom. The number of piperidine rings is 1. The highest BCUT2D eigenvalue weighted by molar-refractivity contribution is 7.10. The third-order valence-corrected chi connectivity index (χ3v) is 5.54. The molecule has 1 aliphatic heterocycles. The predicted octanol–water partition coefficient (Wildman–Crippen LogP) is 3.87. The van der Waals surface area contributed by atoms with Gasteiger partial charge in [0.25, 0.3) is 0 Å². The van der Waals surface area contributed by atoms with Crippen molar-refractivity contribution in [2.75, 3.05) is 6.54 Å². The van der Waals surface area contributed by atoms with Crippen LogP contribution in [-0.2, 0) is 7.05 Å². The summed E-state index contributed by atoms with van der Waals surface area (Å²) in [7, 11) is 1.94. The topological polar surface area (TPSA) is 50.2 Å². The molecule has 0 bridgehead atoms. The number of rotatable bonds is 4. The molecule has 0 aromatic carbocycles. The summed E-state index contributed by atoms with van der Waals surface area (Å²) in [4.78, 5) is 16.1. The van der Waals surface area contributed by atoms with Crippen LogP contribution in [0.4, 0.5) is 4.79 Å². The number of carbonyl (C=O) groups is 1. The number of hydrogen-bond donors (Lipinski definition) is 1. The lowest BCUT2D eigenvalue weighted by Gasteiger charge is -2.36. The van der Waals surface area contributed by atoms with Crippen LogP contribution in [0.2, 0.25) is 0 Å². The van der Waals surface area contributed by atoms with E-state index in [0.29, 0.717) is 0 Å². The molecule has 1 fully saturated rings. The number of likely N-dealkylation sites (tertiary alicyclic amines) is 1. The molecular formula is C17H24N4OS. The summed E-state index contributed by atoms with van der Waals surface area (Å²) in [5.74, 6) is 0. The van der Waals surface area contributed by atoms with E-state index in [9.17, 15) is 4.79 Å². The number of carbonyl (C=O) groups excluding carboxylic acids is 1. The predicted molar refractivity (Wildman–Crippen MR) is 92.4 cm³/mol. The monoisotopic (exact) mass is 332 g/mol. The van der Waals surface area contributed by atoms with Gasteiger partial charge < -0.3 is 10.2 Å². The summed E-state index contributed by atoms with van der Waals surface area (Å²) in [6.07, 6.45) is 5.93. The summed E-state index contributed by atoms with van der Waals surface area (Å²) in [6.45, 7) is 2.92. The molecule has 2 aromatic rings. The maximum atomic E-state index is 12.9. The summed E-state index contributed by atoms with van der Waals surface area (Å²) >= 11 is 1.70. The second kappa shape index (κ2) is 7.17. The van der Waals surface area contributed by atoms with Crippen LogP contribution in [0.5, 0.6) is 0 Å². The fourth-order valence-corrected chi connectivity index (χ4v) is 4.15. The Hall–Kier alpha value is -1.82. The first-order valence-corrected chi connectivity index (χ1v) is 9.17. The SMILES string of the molecule is CC[C@H](NC(=O)N1CCCC[C@@H]1c1ccnn1C)c1cccs1. The molecule has 3 heterocycles. The molecular weight excluding hydrogens is 308 g/mol. The van der Waals surface area contributed by atoms with Crippen LogP contribution >= 0.6 is 11.3 Å². The standard InChI is InChI=1S/C17H24N4OS/c1-3-13(16-8-6-12-23-16)19-17(22)21-11-5-4-7-15(21)14-9-10-18-20(14)2/h6,8-10,12-13,15H,3-5,7,11H2,1-2H3,(H,19,22)/t13-,15+/m0/s1. The molecule has 2 amide bonds. The first-order valence-electron chi connectivity index (χ1n) is 8.29. The van der Waals surface area contributed by atoms with Crippen LogP contribution in [0.15, 0.2) is 29.8 Å². The molecule has 6 heteroatoms. The smallest absolute Gasteiger partial charge is 0.318 e. The van der Waals surface area contributed by atoms with Gasteiger partial charge in [-0.3, -0.25) is 4.68 Å². The molecule has 1 aliphatic rings. The van der Waals surface area contributed by atoms with Crippen molar-refractivity contribution in [1.29, 1.82) is 0 Å². The number of amides is 2. The molecule has 0 spiro atoms. The first-order chi connectivity index (χ1) is 11.2. The normalized spacial score (nSPS) is 19.6. The number of urea groups is 1. The molecule has 3 rings (SSSR count). The van der Waals surface area contributed by atoms with Gasteiger partial charge in [-0.1, -0.05) is 13.0 Å². The van der Waals surface area contributed by atoms with E-state index < -0.39 is 0 Å². The van der Waals surface area contributed by atoms with Gasteiger partial charge in [-0.15, -0.1) is 11.3 Å². The maximum Gasteiger partial charge on any atom is 0.318 e. The highest BCUT2D eigenvalue weighted by Crippen LogP contribution is 2.31. The Morgan fingerprint density at radius 1 is 1.48 bits per heavy atom. The number of nitrogens with zero attached hydrogens (tertiary/aromatic N) is 3. The van der Waals surface area contributed by atoms with Crippen LogP contribution in [-0.4, -0.2) is 27.3 Å². The Labute approximate surface area is 141 Å². The van der Waals surface area contributed by atoms with Crippen molar-refractivity contribution < 1.29 is 4.79 Å². The van der Waals surface area contributed by atoms with Crippen LogP contribution in [0.25, 0.3) is 0 Å². The van der Waals surface area contributed by atoms with Crippen molar-refractivity contribution in [3.05, 3.63) is 40.3 Å². The van der Waals surface area contributed by atoms with Crippen LogP contribution in [0.3, 0.4) is 0 Å². The second-order valence-corrected chi connectivity index (χ2v) is 6.99. The second-order valence-electron chi connectivity index (χ2n) is 6.01. The van der Waals surface area contributed by atoms with Crippen molar-refractivity contribution in [2.45, 2.75) is 44.7 Å². The van der Waals surface area contributed by atoms with E-state index in [1.54, 1.807) is 17.5 Å². The van der Waals surface area contributed by atoms with Gasteiger partial charge in [-0.05, 0) is 43.2 Å². The minimum absolute atomic E-state index is 0.0381. The Balaban J connectivity index is 1.75. The fraction of sp³-hybridized carbons (Fsp3) is 0.529. The molecule has 2 aromatic heterocycles. The average Bonchev–Trinajstić information content (AvgIpc) is 3.24. The van der Waals surface area contributed by atoms with Gasteiger partial charge in [0.1, 0.15) is 0 Å². The lowest BCUT2D eigenvalue weighted by Crippen LogP contribution is -2.46. The van der Waals surface area contributed by atoms with Gasteiger partial charge in [0.05, 0.1) is 17.8 Å². The van der Waals surface area contributed by atoms with E-state index >= 15 is 0 Å². The van der Waals surface area contributed by atoms with Crippen molar-refractivity contribution in [1.82, 2.24) is 20.0 Å². The zero-order valence-corrected chi connectivity index (χ0v) is 14.6. The largest absolute Gasteiger partial charge is 0.330 e. The lowest BCUT2D eigenvalue weighted by molar-refractivity contribution is 0.144. The minimum atomic E-state index is 0.0381. The molecule has 0 unspecified atom stereocenters. The fourth-order valence-electron chi connectivity index (χ4n) is 3.29. The zero-order valence-electron chi connectivity index (χ0n) is 13.7. The van der Waals surface area contributed by atoms with Crippen LogP contribution < -0.4 is 5.32 Å². The van der Waals surface area contributed by atoms with Gasteiger partial charge in [0, 0.05) is 24.7 Å². The molecule has 2 atom stereocenters. The zero-order chi connectivity index (χ0) is 16.2. The van der Waals surface area contributed by atoms with Gasteiger partial charge in [0.15, 0.2) is 0 Å². The van der Waals surface area contributed by atoms with E-state index in [0.717, 1.165) is 37.9 Å². The highest BCUT2D eigenvalue weighted by atomic mass is 32.1. The van der Waals surface area contributed by atoms with Gasteiger partial charge >= 0.3 is 6.03 Å². The maximum absolute atomic E-state index is 12.9. The molecule has 0 saturated carbocycles. The first kappa shape index (κ1) is 16.1. The quantitative estimate of drug-likeness (QED) is 0.924. The molecule has 5 nitrogen and oxygen atoms in total. The average molecular weight is 332 g/mol. The van der Waals surface area contributed by atoms with E-state index in [1.165, 1.54) is 4.88 Å². The minimum Gasteiger partial charge on any atom is -0.330 e. The van der Waals surface area contributed by atoms with Gasteiger partial charge in [-0.25, -0.2) is 4.79 Å². The Kier molecular flexibility index (Phi) is 5.00. The van der Waals surface area contributed by atoms with Gasteiger partial charge in [-0.2, -0.15) is 5.10 Å². The van der Waals surface area contributed by atoms with E-state index in [2.05, 4.69) is 28.8 Å². The summed E-state index contributed by atoms with van der Waals surface area (Å²) in [5, 5.41) is 9.54. The summed E-state index contributed by atoms with van der Waals surface area (Å²) in [6, 6.07) is 6.40. The summed E-state index contributed by atoms with van der Waals surface area (Å²) < 4.78 is 1.88. The molecule has 1 saturated heterocycles. The molecule has 0 aliphatic carbocycles. The number of hydrogen-bond acceptors (Lipinski definition) is 3. The number of nitrogens with one attached hydrogen (secondary N) is 1. The highest BCUT2D eigenvalue weighted by Gasteiger charge is 2.30. The number of aromatic nitrogens is 2. The summed E-state index contributed by atoms with van der Waals surface area (Å²) in [5.41, 5.74) is 1.11. The van der Waals surface area contributed by atoms with Crippen LogP contribution in [0.1, 0.15) is 55.3 Å². The molecule has 1 N–H and O–H groups in total. The van der Waals surface area contributed by atoms with E-state index in [4.69, 9.17) is 0 Å². The molecule has 124 valence electrons. The Bertz CT molecular complexity index is 637. The Morgan fingerprint density at radius 2 is 2.35 bits per heavy atom. The van der Waals surface area contributed by atoms with E-state index in [-0.39, 0.29) is 18.1 Å². The lowest BCUT2D eigenvalue weighted by atomic mass is 9.99. The van der Waals surface area contributed by atoms with Crippen LogP contribution in [0, 0.1) is 0 Å². The van der Waals surface area contributed by atoms with E-state index in [1.807, 2.05) is 28.8 Å². The number of aryl methyl sites for hydroxylation is 1. The van der Waals surface area contributed by atoms with Crippen molar-refractivity contribution in [3.8, 4) is 0 Å². The van der Waals surface area contributed by atoms with Crippen molar-refractivity contribution >= 4 is 17.4 Å². The third kappa shape index (κ3) is 3.42. The van der Waals surface area contributed by atoms with Crippen molar-refractivity contribution in [2.24, 2.45) is 7.05 Å². The molecule has 0 radical (unpaired) electrons. The van der Waals surface area contributed by atoms with Gasteiger partial charge in [0.2, 0.25) is 0 Å². The number of thiophene rings is 1. The molecule has 23 heavy (non-hydrogen) atoms. The third-order valence-electron chi connectivity index (χ3n) is 4.56. The van der Waals surface area contributed by atoms with Crippen molar-refractivity contribution in [3.63, 3.8) is 0 Å².